The highest BCUT2D eigenvalue weighted by Crippen LogP contribution is 2.29. The summed E-state index contributed by atoms with van der Waals surface area (Å²) in [6, 6.07) is 1.66. The van der Waals surface area contributed by atoms with Gasteiger partial charge in [0.1, 0.15) is 17.7 Å². The number of halogens is 1. The van der Waals surface area contributed by atoms with Crippen LogP contribution in [0.5, 0.6) is 0 Å². The molecular weight excluding hydrogens is 192 g/mol. The number of nitrogens with two attached hydrogens (primary N) is 1. The molecule has 2 aromatic rings. The number of anilines is 1. The fourth-order valence-electron chi connectivity index (χ4n) is 0.887. The topological polar surface area (TPSA) is 77.8 Å². The van der Waals surface area contributed by atoms with Gasteiger partial charge in [-0.05, 0) is 6.07 Å². The molecular formula is C7H5ClN4O. The molecule has 0 spiro atoms. The number of hydrogen-bond donors (Lipinski definition) is 1. The van der Waals surface area contributed by atoms with Crippen molar-refractivity contribution in [3.8, 4) is 11.5 Å². The van der Waals surface area contributed by atoms with Gasteiger partial charge in [-0.15, -0.1) is 0 Å². The normalized spacial score (nSPS) is 10.2. The van der Waals surface area contributed by atoms with Gasteiger partial charge in [0.15, 0.2) is 5.15 Å². The van der Waals surface area contributed by atoms with Crippen LogP contribution >= 0.6 is 11.6 Å². The minimum Gasteiger partial charge on any atom is -0.393 e. The Morgan fingerprint density at radius 1 is 1.46 bits per heavy atom. The molecule has 2 aromatic heterocycles. The zero-order valence-electron chi connectivity index (χ0n) is 6.44. The number of hydrogen-bond acceptors (Lipinski definition) is 5. The molecule has 66 valence electrons. The van der Waals surface area contributed by atoms with E-state index in [1.54, 1.807) is 12.3 Å². The Kier molecular flexibility index (Phi) is 1.86. The van der Waals surface area contributed by atoms with Crippen molar-refractivity contribution < 1.29 is 4.52 Å². The molecule has 0 aliphatic rings. The van der Waals surface area contributed by atoms with Crippen molar-refractivity contribution in [3.05, 3.63) is 23.7 Å². The van der Waals surface area contributed by atoms with Crippen molar-refractivity contribution in [1.29, 1.82) is 0 Å². The van der Waals surface area contributed by atoms with Crippen LogP contribution in [0.4, 0.5) is 5.69 Å². The molecule has 2 heterocycles. The van der Waals surface area contributed by atoms with Gasteiger partial charge in [0.2, 0.25) is 5.76 Å². The Labute approximate surface area is 78.5 Å². The Morgan fingerprint density at radius 3 is 2.85 bits per heavy atom. The van der Waals surface area contributed by atoms with Crippen LogP contribution in [0.15, 0.2) is 23.1 Å². The standard InChI is InChI=1S/C7H5ClN4O/c8-7-5(9)6(13-12-7)4-1-2-10-3-11-4/h1-3H,9H2. The van der Waals surface area contributed by atoms with Crippen LogP contribution < -0.4 is 5.73 Å². The smallest absolute Gasteiger partial charge is 0.209 e. The summed E-state index contributed by atoms with van der Waals surface area (Å²) in [5.74, 6) is 0.368. The van der Waals surface area contributed by atoms with Gasteiger partial charge >= 0.3 is 0 Å². The molecule has 0 saturated heterocycles. The zero-order chi connectivity index (χ0) is 9.26. The van der Waals surface area contributed by atoms with E-state index in [0.717, 1.165) is 0 Å². The quantitative estimate of drug-likeness (QED) is 0.745. The summed E-state index contributed by atoms with van der Waals surface area (Å²) in [7, 11) is 0. The van der Waals surface area contributed by atoms with Crippen LogP contribution in [0.1, 0.15) is 0 Å². The molecule has 5 nitrogen and oxygen atoms in total. The average Bonchev–Trinajstić information content (AvgIpc) is 2.49. The minimum absolute atomic E-state index is 0.147. The van der Waals surface area contributed by atoms with Crippen molar-refractivity contribution >= 4 is 17.3 Å². The Morgan fingerprint density at radius 2 is 2.31 bits per heavy atom. The van der Waals surface area contributed by atoms with Crippen LogP contribution in [0.2, 0.25) is 5.15 Å². The maximum absolute atomic E-state index is 5.61. The van der Waals surface area contributed by atoms with Crippen LogP contribution in [-0.4, -0.2) is 15.1 Å². The lowest BCUT2D eigenvalue weighted by Gasteiger charge is -1.93. The van der Waals surface area contributed by atoms with E-state index in [2.05, 4.69) is 15.1 Å². The molecule has 0 fully saturated rings. The highest BCUT2D eigenvalue weighted by atomic mass is 35.5. The lowest BCUT2D eigenvalue weighted by molar-refractivity contribution is 0.431. The van der Waals surface area contributed by atoms with Crippen molar-refractivity contribution in [2.45, 2.75) is 0 Å². The van der Waals surface area contributed by atoms with E-state index in [1.165, 1.54) is 6.33 Å². The maximum Gasteiger partial charge on any atom is 0.209 e. The van der Waals surface area contributed by atoms with Crippen LogP contribution in [0, 0.1) is 0 Å². The fraction of sp³-hybridized carbons (Fsp3) is 0. The second-order valence-electron chi connectivity index (χ2n) is 2.31. The van der Waals surface area contributed by atoms with Gasteiger partial charge in [-0.2, -0.15) is 0 Å². The molecule has 6 heteroatoms. The molecule has 0 aromatic carbocycles. The first-order valence-corrected chi connectivity index (χ1v) is 3.84. The molecule has 0 atom stereocenters. The van der Waals surface area contributed by atoms with Gasteiger partial charge < -0.3 is 10.3 Å². The predicted octanol–water partition coefficient (Wildman–Crippen LogP) is 1.37. The van der Waals surface area contributed by atoms with Crippen molar-refractivity contribution in [3.63, 3.8) is 0 Å². The lowest BCUT2D eigenvalue weighted by atomic mass is 10.3. The SMILES string of the molecule is Nc1c(Cl)noc1-c1ccncn1. The summed E-state index contributed by atoms with van der Waals surface area (Å²) < 4.78 is 4.88. The third kappa shape index (κ3) is 1.33. The van der Waals surface area contributed by atoms with E-state index < -0.39 is 0 Å². The highest BCUT2D eigenvalue weighted by Gasteiger charge is 2.13. The van der Waals surface area contributed by atoms with E-state index in [-0.39, 0.29) is 5.15 Å². The summed E-state index contributed by atoms with van der Waals surface area (Å²) in [6.07, 6.45) is 2.98. The highest BCUT2D eigenvalue weighted by molar-refractivity contribution is 6.32. The molecule has 0 aliphatic carbocycles. The first-order valence-electron chi connectivity index (χ1n) is 3.46. The van der Waals surface area contributed by atoms with Gasteiger partial charge in [0.05, 0.1) is 0 Å². The number of nitrogen functional groups attached to an aromatic ring is 1. The summed E-state index contributed by atoms with van der Waals surface area (Å²) in [6.45, 7) is 0. The zero-order valence-corrected chi connectivity index (χ0v) is 7.19. The van der Waals surface area contributed by atoms with E-state index in [9.17, 15) is 0 Å². The Hall–Kier alpha value is -1.62. The summed E-state index contributed by atoms with van der Waals surface area (Å²) in [5.41, 5.74) is 6.44. The van der Waals surface area contributed by atoms with Gasteiger partial charge in [0, 0.05) is 6.20 Å². The van der Waals surface area contributed by atoms with E-state index in [0.29, 0.717) is 17.1 Å². The summed E-state index contributed by atoms with van der Waals surface area (Å²) in [5, 5.41) is 3.64. The third-order valence-corrected chi connectivity index (χ3v) is 1.77. The largest absolute Gasteiger partial charge is 0.393 e. The second-order valence-corrected chi connectivity index (χ2v) is 2.67. The van der Waals surface area contributed by atoms with Crippen LogP contribution in [-0.2, 0) is 0 Å². The predicted molar refractivity (Wildman–Crippen MR) is 47.0 cm³/mol. The van der Waals surface area contributed by atoms with Crippen LogP contribution in [0.25, 0.3) is 11.5 Å². The monoisotopic (exact) mass is 196 g/mol. The van der Waals surface area contributed by atoms with Crippen molar-refractivity contribution in [1.82, 2.24) is 15.1 Å². The summed E-state index contributed by atoms with van der Waals surface area (Å²) in [4.78, 5) is 7.70. The van der Waals surface area contributed by atoms with Crippen LogP contribution in [0.3, 0.4) is 0 Å². The number of aromatic nitrogens is 3. The van der Waals surface area contributed by atoms with Crippen molar-refractivity contribution in [2.75, 3.05) is 5.73 Å². The van der Waals surface area contributed by atoms with E-state index in [4.69, 9.17) is 21.9 Å². The lowest BCUT2D eigenvalue weighted by Crippen LogP contribution is -1.88. The molecule has 2 N–H and O–H groups in total. The molecule has 0 bridgehead atoms. The van der Waals surface area contributed by atoms with Gasteiger partial charge in [0.25, 0.3) is 0 Å². The Bertz CT molecular complexity index is 414. The fourth-order valence-corrected chi connectivity index (χ4v) is 1.01. The molecule has 13 heavy (non-hydrogen) atoms. The first-order chi connectivity index (χ1) is 6.29. The molecule has 0 amide bonds. The molecule has 0 aliphatic heterocycles. The average molecular weight is 197 g/mol. The number of rotatable bonds is 1. The first kappa shape index (κ1) is 8.00. The van der Waals surface area contributed by atoms with Gasteiger partial charge in [-0.1, -0.05) is 16.8 Å². The number of nitrogens with zero attached hydrogens (tertiary/aromatic N) is 3. The molecule has 2 rings (SSSR count). The van der Waals surface area contributed by atoms with Gasteiger partial charge in [-0.25, -0.2) is 9.97 Å². The van der Waals surface area contributed by atoms with E-state index in [1.807, 2.05) is 0 Å². The third-order valence-electron chi connectivity index (χ3n) is 1.50. The van der Waals surface area contributed by atoms with E-state index >= 15 is 0 Å². The second kappa shape index (κ2) is 3.02. The minimum atomic E-state index is 0.147. The molecule has 0 unspecified atom stereocenters. The summed E-state index contributed by atoms with van der Waals surface area (Å²) >= 11 is 5.61. The Balaban J connectivity index is 2.53. The van der Waals surface area contributed by atoms with Gasteiger partial charge in [-0.3, -0.25) is 0 Å². The van der Waals surface area contributed by atoms with Crippen molar-refractivity contribution in [2.24, 2.45) is 0 Å². The maximum atomic E-state index is 5.61. The molecule has 0 radical (unpaired) electrons. The molecule has 0 saturated carbocycles.